The number of allylic oxidation sites excluding steroid dienone is 3. The van der Waals surface area contributed by atoms with Crippen LogP contribution < -0.4 is 9.62 Å². The van der Waals surface area contributed by atoms with Gasteiger partial charge < -0.3 is 35.1 Å². The second-order valence-corrected chi connectivity index (χ2v) is 31.5. The van der Waals surface area contributed by atoms with Crippen molar-refractivity contribution < 1.29 is 33.8 Å². The number of aromatic hydroxyl groups is 1. The number of rotatable bonds is 27. The minimum absolute atomic E-state index is 0.0813. The molecule has 566 valence electrons. The van der Waals surface area contributed by atoms with Gasteiger partial charge in [0.05, 0.1) is 11.2 Å². The summed E-state index contributed by atoms with van der Waals surface area (Å²) in [6, 6.07) is 81.7. The lowest BCUT2D eigenvalue weighted by Crippen LogP contribution is -2.48. The average molecular weight is 1470 g/mol. The number of hydrogen-bond donors (Lipinski definition) is 5. The molecule has 108 heavy (non-hydrogen) atoms. The Labute approximate surface area is 641 Å². The molecule has 1 aliphatic carbocycles. The monoisotopic (exact) mass is 1470 g/mol. The second-order valence-electron chi connectivity index (χ2n) is 29.8. The maximum atomic E-state index is 11.7. The van der Waals surface area contributed by atoms with Gasteiger partial charge in [-0.2, -0.15) is 0 Å². The van der Waals surface area contributed by atoms with E-state index in [0.29, 0.717) is 55.3 Å². The summed E-state index contributed by atoms with van der Waals surface area (Å²) in [6.07, 6.45) is 13.0. The van der Waals surface area contributed by atoms with Crippen molar-refractivity contribution in [2.45, 2.75) is 135 Å². The Hall–Kier alpha value is -9.29. The normalized spacial score (nSPS) is 16.3. The van der Waals surface area contributed by atoms with Crippen LogP contribution in [0, 0.1) is 10.1 Å². The zero-order chi connectivity index (χ0) is 75.9. The molecule has 3 aliphatic heterocycles. The van der Waals surface area contributed by atoms with Crippen LogP contribution in [0.25, 0.3) is 33.4 Å². The highest BCUT2D eigenvalue weighted by Gasteiger charge is 2.33. The molecule has 9 aromatic rings. The standard InChI is InChI=1S/C31H39N3O3S.C31H36N2O3.C31H35NO2/c1-24(2)33-19-21-34(22-20-33)29-17-13-27(14-18-29)31(26-11-15-28(16-12-26)32-38(3,36)37)30(10-7-23-35)25-8-5-4-6-9-25;1-23(2)32-20-18-25(19-21-32)24-10-12-27(13-11-24)31(28-14-16-29(17-15-28)33(35)36)30(9-6-22-34)26-7-4-3-5-8-26;33-22-4-7-30(25-5-2-1-3-6-25)31(27-12-16-29(34)17-13-27)26-10-8-23(9-11-26)24-18-20-32(21-19-24)28-14-15-28/h4-6,8-9,11-18,24,32,35H,7,10,19-23H2,1-3H3;3-5,7-8,10-17,23,25,34H,6,9,18-22H2,1-2H3;1-3,5-6,8-13,16-17,24,28,33-34H,4,7,14-15,18-22H2/b31-30-;2*31-30+. The van der Waals surface area contributed by atoms with Crippen molar-refractivity contribution >= 4 is 60.5 Å². The highest BCUT2D eigenvalue weighted by Crippen LogP contribution is 2.42. The molecular weight excluding hydrogens is 1360 g/mol. The van der Waals surface area contributed by atoms with E-state index >= 15 is 0 Å². The summed E-state index contributed by atoms with van der Waals surface area (Å²) < 4.78 is 26.0. The zero-order valence-corrected chi connectivity index (χ0v) is 64.5. The highest BCUT2D eigenvalue weighted by molar-refractivity contribution is 7.92. The molecule has 0 aromatic heterocycles. The Balaban J connectivity index is 0.000000161. The molecule has 0 spiro atoms. The number of hydrogen-bond acceptors (Lipinski definition) is 12. The summed E-state index contributed by atoms with van der Waals surface area (Å²) in [5.41, 5.74) is 21.3. The molecule has 0 radical (unpaired) electrons. The minimum atomic E-state index is -3.36. The largest absolute Gasteiger partial charge is 0.508 e. The predicted octanol–water partition coefficient (Wildman–Crippen LogP) is 18.7. The van der Waals surface area contributed by atoms with Gasteiger partial charge >= 0.3 is 0 Å². The van der Waals surface area contributed by atoms with Gasteiger partial charge in [0.15, 0.2) is 0 Å². The molecule has 4 aliphatic rings. The van der Waals surface area contributed by atoms with Crippen molar-refractivity contribution in [2.24, 2.45) is 0 Å². The van der Waals surface area contributed by atoms with E-state index in [1.54, 1.807) is 36.4 Å². The lowest BCUT2D eigenvalue weighted by molar-refractivity contribution is -0.384. The smallest absolute Gasteiger partial charge is 0.269 e. The van der Waals surface area contributed by atoms with Crippen LogP contribution in [0.1, 0.15) is 178 Å². The van der Waals surface area contributed by atoms with Gasteiger partial charge in [0, 0.05) is 87.6 Å². The Kier molecular flexibility index (Phi) is 28.9. The van der Waals surface area contributed by atoms with Crippen LogP contribution in [-0.4, -0.2) is 145 Å². The van der Waals surface area contributed by atoms with E-state index in [2.05, 4.69) is 173 Å². The van der Waals surface area contributed by atoms with Gasteiger partial charge in [-0.25, -0.2) is 8.42 Å². The van der Waals surface area contributed by atoms with Gasteiger partial charge in [-0.05, 0) is 286 Å². The number of sulfonamides is 1. The fraction of sp³-hybridized carbons (Fsp3) is 0.355. The van der Waals surface area contributed by atoms with Crippen LogP contribution in [0.4, 0.5) is 17.1 Å². The molecule has 5 N–H and O–H groups in total. The third-order valence-electron chi connectivity index (χ3n) is 21.8. The predicted molar refractivity (Wildman–Crippen MR) is 446 cm³/mol. The number of aliphatic hydroxyl groups is 3. The average Bonchev–Trinajstić information content (AvgIpc) is 0.990. The summed E-state index contributed by atoms with van der Waals surface area (Å²) in [7, 11) is -3.36. The van der Waals surface area contributed by atoms with E-state index < -0.39 is 10.0 Å². The summed E-state index contributed by atoms with van der Waals surface area (Å²) >= 11 is 0. The van der Waals surface area contributed by atoms with Gasteiger partial charge in [-0.15, -0.1) is 0 Å². The molecule has 4 fully saturated rings. The maximum Gasteiger partial charge on any atom is 0.269 e. The molecule has 13 rings (SSSR count). The molecule has 0 unspecified atom stereocenters. The molecule has 14 nitrogen and oxygen atoms in total. The van der Waals surface area contributed by atoms with E-state index in [0.717, 1.165) is 126 Å². The second kappa shape index (κ2) is 39.2. The van der Waals surface area contributed by atoms with Crippen LogP contribution in [0.3, 0.4) is 0 Å². The number of benzene rings is 9. The zero-order valence-electron chi connectivity index (χ0n) is 63.7. The number of phenols is 1. The summed E-state index contributed by atoms with van der Waals surface area (Å²) in [4.78, 5) is 21.1. The Morgan fingerprint density at radius 3 is 1.10 bits per heavy atom. The SMILES string of the molecule is CC(C)N1CCC(c2ccc(/C(=C(/CCCO)c3ccccc3)c3ccc([N+](=O)[O-])cc3)cc2)CC1.CC(C)N1CCN(c2ccc(/C(=C(/CCCO)c3ccccc3)c3ccc(NS(C)(=O)=O)cc3)cc2)CC1.OCCC/C(=C(\c1ccc(O)cc1)c1ccc(C2CCN(C3CC3)CC2)cc1)c1ccccc1. The number of piperidine rings is 2. The topological polar surface area (TPSA) is 183 Å². The van der Waals surface area contributed by atoms with Gasteiger partial charge in [0.2, 0.25) is 10.0 Å². The van der Waals surface area contributed by atoms with Crippen molar-refractivity contribution in [1.82, 2.24) is 14.7 Å². The molecule has 0 atom stereocenters. The molecule has 3 heterocycles. The number of nitrogens with zero attached hydrogens (tertiary/aromatic N) is 5. The number of nitro benzene ring substituents is 1. The minimum Gasteiger partial charge on any atom is -0.508 e. The van der Waals surface area contributed by atoms with E-state index in [-0.39, 0.29) is 36.2 Å². The van der Waals surface area contributed by atoms with Gasteiger partial charge in [0.1, 0.15) is 5.75 Å². The van der Waals surface area contributed by atoms with Crippen LogP contribution in [0.15, 0.2) is 237 Å². The number of aliphatic hydroxyl groups excluding tert-OH is 3. The highest BCUT2D eigenvalue weighted by atomic mass is 32.2. The van der Waals surface area contributed by atoms with E-state index in [1.165, 1.54) is 90.7 Å². The van der Waals surface area contributed by atoms with E-state index in [9.17, 15) is 39.0 Å². The number of piperazine rings is 1. The molecule has 1 saturated carbocycles. The Bertz CT molecular complexity index is 4490. The van der Waals surface area contributed by atoms with Gasteiger partial charge in [-0.3, -0.25) is 19.7 Å². The van der Waals surface area contributed by atoms with Crippen LogP contribution in [-0.2, 0) is 10.0 Å². The van der Waals surface area contributed by atoms with Crippen molar-refractivity contribution in [1.29, 1.82) is 0 Å². The summed E-state index contributed by atoms with van der Waals surface area (Å²) in [5, 5.41) is 50.0. The van der Waals surface area contributed by atoms with Gasteiger partial charge in [-0.1, -0.05) is 176 Å². The Morgan fingerprint density at radius 2 is 0.759 bits per heavy atom. The third kappa shape index (κ3) is 22.0. The molecule has 15 heteroatoms. The van der Waals surface area contributed by atoms with E-state index in [1.807, 2.05) is 78.9 Å². The lowest BCUT2D eigenvalue weighted by atomic mass is 9.85. The van der Waals surface area contributed by atoms with Crippen molar-refractivity contribution in [3.05, 3.63) is 308 Å². The van der Waals surface area contributed by atoms with Crippen molar-refractivity contribution in [3.63, 3.8) is 0 Å². The first-order valence-electron chi connectivity index (χ1n) is 39.0. The molecule has 0 amide bonds. The van der Waals surface area contributed by atoms with E-state index in [4.69, 9.17) is 0 Å². The quantitative estimate of drug-likeness (QED) is 0.0187. The van der Waals surface area contributed by atoms with Crippen LogP contribution in [0.2, 0.25) is 0 Å². The van der Waals surface area contributed by atoms with Gasteiger partial charge in [0.25, 0.3) is 5.69 Å². The number of nitrogens with one attached hydrogen (secondary N) is 1. The van der Waals surface area contributed by atoms with Crippen molar-refractivity contribution in [3.8, 4) is 5.75 Å². The summed E-state index contributed by atoms with van der Waals surface area (Å²) in [5.74, 6) is 1.49. The Morgan fingerprint density at radius 1 is 0.426 bits per heavy atom. The molecular formula is C93H110N6O8S. The van der Waals surface area contributed by atoms with Crippen LogP contribution >= 0.6 is 0 Å². The maximum absolute atomic E-state index is 11.7. The number of likely N-dealkylation sites (tertiary alicyclic amines) is 2. The molecule has 3 saturated heterocycles. The fourth-order valence-electron chi connectivity index (χ4n) is 15.7. The number of nitro groups is 1. The molecule has 0 bridgehead atoms. The first-order valence-corrected chi connectivity index (χ1v) is 40.9. The first kappa shape index (κ1) is 79.7. The van der Waals surface area contributed by atoms with Crippen molar-refractivity contribution in [2.75, 3.05) is 88.1 Å². The van der Waals surface area contributed by atoms with Crippen LogP contribution in [0.5, 0.6) is 5.75 Å². The number of non-ortho nitro benzene ring substituents is 1. The number of phenolic OH excluding ortho intramolecular Hbond substituents is 1. The third-order valence-corrected chi connectivity index (χ3v) is 22.4. The molecule has 9 aromatic carbocycles. The fourth-order valence-corrected chi connectivity index (χ4v) is 16.3. The summed E-state index contributed by atoms with van der Waals surface area (Å²) in [6.45, 7) is 18.3. The number of anilines is 2. The first-order chi connectivity index (χ1) is 52.4. The lowest BCUT2D eigenvalue weighted by Gasteiger charge is -2.38.